The van der Waals surface area contributed by atoms with Gasteiger partial charge in [-0.25, -0.2) is 0 Å². The monoisotopic (exact) mass is 396 g/mol. The summed E-state index contributed by atoms with van der Waals surface area (Å²) in [7, 11) is 0. The van der Waals surface area contributed by atoms with Crippen LogP contribution in [-0.4, -0.2) is 21.8 Å². The van der Waals surface area contributed by atoms with Crippen LogP contribution in [0.3, 0.4) is 0 Å². The summed E-state index contributed by atoms with van der Waals surface area (Å²) in [6.45, 7) is 0. The molecule has 3 heterocycles. The highest BCUT2D eigenvalue weighted by Crippen LogP contribution is 2.43. The highest BCUT2D eigenvalue weighted by molar-refractivity contribution is 6.21. The van der Waals surface area contributed by atoms with Crippen LogP contribution in [0.2, 0.25) is 0 Å². The predicted octanol–water partition coefficient (Wildman–Crippen LogP) is 4.61. The SMILES string of the molecule is O=C(C1=C(O)C(=O)N(c2cccc3ccccc23)C1c1ccncc1)c1ccco1. The van der Waals surface area contributed by atoms with E-state index >= 15 is 0 Å². The van der Waals surface area contributed by atoms with E-state index in [9.17, 15) is 14.7 Å². The maximum Gasteiger partial charge on any atom is 0.294 e. The van der Waals surface area contributed by atoms with Gasteiger partial charge < -0.3 is 9.52 Å². The van der Waals surface area contributed by atoms with Crippen LogP contribution in [0.5, 0.6) is 0 Å². The molecule has 1 atom stereocenters. The lowest BCUT2D eigenvalue weighted by Crippen LogP contribution is -2.31. The van der Waals surface area contributed by atoms with Gasteiger partial charge in [-0.1, -0.05) is 36.4 Å². The Morgan fingerprint density at radius 2 is 1.73 bits per heavy atom. The largest absolute Gasteiger partial charge is 0.503 e. The van der Waals surface area contributed by atoms with Gasteiger partial charge >= 0.3 is 0 Å². The number of carbonyl (C=O) groups excluding carboxylic acids is 2. The lowest BCUT2D eigenvalue weighted by Gasteiger charge is -2.27. The van der Waals surface area contributed by atoms with E-state index in [4.69, 9.17) is 4.42 Å². The highest BCUT2D eigenvalue weighted by atomic mass is 16.3. The number of fused-ring (bicyclic) bond motifs is 1. The summed E-state index contributed by atoms with van der Waals surface area (Å²) in [6.07, 6.45) is 4.56. The third-order valence-electron chi connectivity index (χ3n) is 5.25. The Morgan fingerprint density at radius 1 is 0.967 bits per heavy atom. The fourth-order valence-electron chi connectivity index (χ4n) is 3.91. The number of hydrogen-bond acceptors (Lipinski definition) is 5. The van der Waals surface area contributed by atoms with Gasteiger partial charge in [0.25, 0.3) is 5.91 Å². The number of anilines is 1. The van der Waals surface area contributed by atoms with Crippen LogP contribution in [0.1, 0.15) is 22.2 Å². The quantitative estimate of drug-likeness (QED) is 0.509. The maximum absolute atomic E-state index is 13.2. The van der Waals surface area contributed by atoms with Crippen molar-refractivity contribution in [2.24, 2.45) is 0 Å². The smallest absolute Gasteiger partial charge is 0.294 e. The fourth-order valence-corrected chi connectivity index (χ4v) is 3.91. The van der Waals surface area contributed by atoms with Crippen LogP contribution in [0, 0.1) is 0 Å². The molecule has 0 saturated heterocycles. The first-order valence-corrected chi connectivity index (χ1v) is 9.39. The molecule has 0 fully saturated rings. The van der Waals surface area contributed by atoms with Gasteiger partial charge in [-0.3, -0.25) is 19.5 Å². The Morgan fingerprint density at radius 3 is 2.50 bits per heavy atom. The molecule has 0 saturated carbocycles. The Balaban J connectivity index is 1.73. The number of furan rings is 1. The van der Waals surface area contributed by atoms with Crippen molar-refractivity contribution in [3.05, 3.63) is 108 Å². The summed E-state index contributed by atoms with van der Waals surface area (Å²) < 4.78 is 5.25. The average Bonchev–Trinajstić information content (AvgIpc) is 3.41. The average molecular weight is 396 g/mol. The van der Waals surface area contributed by atoms with Crippen molar-refractivity contribution in [2.45, 2.75) is 6.04 Å². The summed E-state index contributed by atoms with van der Waals surface area (Å²) in [6, 6.07) is 19.0. The molecule has 6 heteroatoms. The molecule has 1 N–H and O–H groups in total. The highest BCUT2D eigenvalue weighted by Gasteiger charge is 2.45. The van der Waals surface area contributed by atoms with Crippen molar-refractivity contribution in [3.63, 3.8) is 0 Å². The molecular formula is C24H16N2O4. The third kappa shape index (κ3) is 2.69. The first-order valence-electron chi connectivity index (χ1n) is 9.39. The van der Waals surface area contributed by atoms with E-state index in [-0.39, 0.29) is 11.3 Å². The first kappa shape index (κ1) is 17.9. The van der Waals surface area contributed by atoms with Crippen molar-refractivity contribution in [2.75, 3.05) is 4.90 Å². The van der Waals surface area contributed by atoms with E-state index in [1.807, 2.05) is 42.5 Å². The van der Waals surface area contributed by atoms with Crippen molar-refractivity contribution < 1.29 is 19.1 Å². The number of ketones is 1. The van der Waals surface area contributed by atoms with Crippen molar-refractivity contribution in [3.8, 4) is 0 Å². The zero-order chi connectivity index (χ0) is 20.7. The molecule has 0 aliphatic carbocycles. The zero-order valence-electron chi connectivity index (χ0n) is 15.7. The second-order valence-electron chi connectivity index (χ2n) is 6.93. The normalized spacial score (nSPS) is 16.5. The minimum absolute atomic E-state index is 0.0194. The number of benzene rings is 2. The number of nitrogens with zero attached hydrogens (tertiary/aromatic N) is 2. The Bertz CT molecular complexity index is 1290. The van der Waals surface area contributed by atoms with Gasteiger partial charge in [-0.2, -0.15) is 0 Å². The maximum atomic E-state index is 13.2. The molecular weight excluding hydrogens is 380 g/mol. The molecule has 4 aromatic rings. The fraction of sp³-hybridized carbons (Fsp3) is 0.0417. The molecule has 0 radical (unpaired) electrons. The molecule has 0 spiro atoms. The van der Waals surface area contributed by atoms with Crippen LogP contribution in [-0.2, 0) is 4.79 Å². The molecule has 30 heavy (non-hydrogen) atoms. The number of rotatable bonds is 4. The molecule has 2 aromatic carbocycles. The summed E-state index contributed by atoms with van der Waals surface area (Å²) in [4.78, 5) is 31.9. The molecule has 6 nitrogen and oxygen atoms in total. The molecule has 1 amide bonds. The Hall–Kier alpha value is -4.19. The van der Waals surface area contributed by atoms with E-state index in [0.717, 1.165) is 10.8 Å². The molecule has 2 aromatic heterocycles. The topological polar surface area (TPSA) is 83.6 Å². The van der Waals surface area contributed by atoms with Gasteiger partial charge in [0.05, 0.1) is 23.6 Å². The van der Waals surface area contributed by atoms with Crippen LogP contribution in [0.4, 0.5) is 5.69 Å². The van der Waals surface area contributed by atoms with Gasteiger partial charge in [-0.05, 0) is 41.3 Å². The lowest BCUT2D eigenvalue weighted by molar-refractivity contribution is -0.117. The molecule has 1 aliphatic rings. The van der Waals surface area contributed by atoms with Gasteiger partial charge in [0.2, 0.25) is 5.78 Å². The van der Waals surface area contributed by atoms with Crippen LogP contribution in [0.25, 0.3) is 10.8 Å². The molecule has 0 bridgehead atoms. The standard InChI is InChI=1S/C24H16N2O4/c27-22(19-9-4-14-30-19)20-21(16-10-12-25-13-11-16)26(24(29)23(20)28)18-8-3-6-15-5-1-2-7-17(15)18/h1-14,21,28H. The number of aliphatic hydroxyl groups is 1. The Kier molecular flexibility index (Phi) is 4.17. The Labute approximate surface area is 171 Å². The molecule has 1 aliphatic heterocycles. The third-order valence-corrected chi connectivity index (χ3v) is 5.25. The van der Waals surface area contributed by atoms with Crippen LogP contribution in [0.15, 0.2) is 101 Å². The molecule has 5 rings (SSSR count). The second kappa shape index (κ2) is 7.00. The number of hydrogen-bond donors (Lipinski definition) is 1. The number of amides is 1. The van der Waals surface area contributed by atoms with Gasteiger partial charge in [0.1, 0.15) is 0 Å². The van der Waals surface area contributed by atoms with E-state index in [1.54, 1.807) is 30.6 Å². The predicted molar refractivity (Wildman–Crippen MR) is 111 cm³/mol. The van der Waals surface area contributed by atoms with Crippen molar-refractivity contribution in [1.82, 2.24) is 4.98 Å². The second-order valence-corrected chi connectivity index (χ2v) is 6.93. The first-order chi connectivity index (χ1) is 14.7. The molecule has 1 unspecified atom stereocenters. The van der Waals surface area contributed by atoms with Crippen molar-refractivity contribution >= 4 is 28.2 Å². The zero-order valence-corrected chi connectivity index (χ0v) is 15.7. The number of carbonyl (C=O) groups is 2. The van der Waals surface area contributed by atoms with Gasteiger partial charge in [-0.15, -0.1) is 0 Å². The number of aromatic nitrogens is 1. The minimum atomic E-state index is -0.816. The van der Waals surface area contributed by atoms with Gasteiger partial charge in [0, 0.05) is 17.8 Å². The van der Waals surface area contributed by atoms with E-state index in [2.05, 4.69) is 4.98 Å². The summed E-state index contributed by atoms with van der Waals surface area (Å²) in [5.41, 5.74) is 1.24. The number of pyridine rings is 1. The van der Waals surface area contributed by atoms with E-state index < -0.39 is 23.5 Å². The summed E-state index contributed by atoms with van der Waals surface area (Å²) in [5.74, 6) is -1.69. The van der Waals surface area contributed by atoms with E-state index in [1.165, 1.54) is 17.2 Å². The minimum Gasteiger partial charge on any atom is -0.503 e. The summed E-state index contributed by atoms with van der Waals surface area (Å²) in [5, 5.41) is 12.6. The number of Topliss-reactive ketones (excluding diaryl/α,β-unsaturated/α-hetero) is 1. The van der Waals surface area contributed by atoms with Crippen molar-refractivity contribution in [1.29, 1.82) is 0 Å². The van der Waals surface area contributed by atoms with E-state index in [0.29, 0.717) is 11.3 Å². The van der Waals surface area contributed by atoms with Crippen LogP contribution < -0.4 is 4.90 Å². The van der Waals surface area contributed by atoms with Crippen LogP contribution >= 0.6 is 0 Å². The van der Waals surface area contributed by atoms with Gasteiger partial charge in [0.15, 0.2) is 11.5 Å². The molecule has 146 valence electrons. The summed E-state index contributed by atoms with van der Waals surface area (Å²) >= 11 is 0. The lowest BCUT2D eigenvalue weighted by atomic mass is 9.95. The number of aliphatic hydroxyl groups excluding tert-OH is 1.